The van der Waals surface area contributed by atoms with Crippen molar-refractivity contribution < 1.29 is 4.79 Å². The van der Waals surface area contributed by atoms with Crippen molar-refractivity contribution in [3.8, 4) is 0 Å². The standard InChI is InChI=1S/C20H22N6O/c1-13-6-4-7-14(2)19(13)25-20(27)26(3)18-11-17(22-12-23-18)24-16-9-5-8-15(21)10-16/h4-12H,21H2,1-3H3,(H,25,27)(H,22,23,24). The molecule has 4 N–H and O–H groups in total. The fourth-order valence-corrected chi connectivity index (χ4v) is 2.67. The Balaban J connectivity index is 1.76. The van der Waals surface area contributed by atoms with Gasteiger partial charge in [0.2, 0.25) is 0 Å². The van der Waals surface area contributed by atoms with Gasteiger partial charge < -0.3 is 16.4 Å². The Morgan fingerprint density at radius 3 is 2.44 bits per heavy atom. The van der Waals surface area contributed by atoms with E-state index in [9.17, 15) is 4.79 Å². The van der Waals surface area contributed by atoms with E-state index in [-0.39, 0.29) is 6.03 Å². The lowest BCUT2D eigenvalue weighted by molar-refractivity contribution is 0.258. The van der Waals surface area contributed by atoms with Crippen molar-refractivity contribution >= 4 is 34.7 Å². The molecule has 0 aliphatic carbocycles. The Morgan fingerprint density at radius 1 is 1.04 bits per heavy atom. The number of urea groups is 1. The molecule has 0 aliphatic rings. The molecule has 3 rings (SSSR count). The lowest BCUT2D eigenvalue weighted by atomic mass is 10.1. The van der Waals surface area contributed by atoms with Crippen LogP contribution in [0.1, 0.15) is 11.1 Å². The average molecular weight is 362 g/mol. The topological polar surface area (TPSA) is 96.2 Å². The summed E-state index contributed by atoms with van der Waals surface area (Å²) in [6.45, 7) is 3.92. The van der Waals surface area contributed by atoms with Gasteiger partial charge in [0.15, 0.2) is 0 Å². The van der Waals surface area contributed by atoms with E-state index in [1.54, 1.807) is 19.2 Å². The van der Waals surface area contributed by atoms with Crippen LogP contribution in [-0.4, -0.2) is 23.0 Å². The molecule has 27 heavy (non-hydrogen) atoms. The minimum Gasteiger partial charge on any atom is -0.399 e. The van der Waals surface area contributed by atoms with E-state index < -0.39 is 0 Å². The summed E-state index contributed by atoms with van der Waals surface area (Å²) in [4.78, 5) is 22.5. The summed E-state index contributed by atoms with van der Waals surface area (Å²) in [5.74, 6) is 1.04. The van der Waals surface area contributed by atoms with Crippen molar-refractivity contribution in [2.24, 2.45) is 0 Å². The number of nitrogen functional groups attached to an aromatic ring is 1. The third-order valence-electron chi connectivity index (χ3n) is 4.17. The number of hydrogen-bond donors (Lipinski definition) is 3. The molecule has 1 aromatic heterocycles. The summed E-state index contributed by atoms with van der Waals surface area (Å²) < 4.78 is 0. The van der Waals surface area contributed by atoms with E-state index in [1.807, 2.05) is 50.2 Å². The number of nitrogens with zero attached hydrogens (tertiary/aromatic N) is 3. The number of carbonyl (C=O) groups is 1. The van der Waals surface area contributed by atoms with Crippen LogP contribution in [-0.2, 0) is 0 Å². The molecule has 0 saturated heterocycles. The maximum absolute atomic E-state index is 12.6. The van der Waals surface area contributed by atoms with Gasteiger partial charge in [-0.2, -0.15) is 0 Å². The van der Waals surface area contributed by atoms with Crippen LogP contribution < -0.4 is 21.3 Å². The second-order valence-electron chi connectivity index (χ2n) is 6.27. The van der Waals surface area contributed by atoms with Gasteiger partial charge in [-0.05, 0) is 43.2 Å². The number of benzene rings is 2. The SMILES string of the molecule is Cc1cccc(C)c1NC(=O)N(C)c1cc(Nc2cccc(N)c2)ncn1. The van der Waals surface area contributed by atoms with Gasteiger partial charge in [-0.1, -0.05) is 24.3 Å². The number of para-hydroxylation sites is 1. The number of hydrogen-bond acceptors (Lipinski definition) is 5. The predicted octanol–water partition coefficient (Wildman–Crippen LogP) is 4.09. The molecule has 0 spiro atoms. The van der Waals surface area contributed by atoms with Crippen LogP contribution in [0.2, 0.25) is 0 Å². The number of amides is 2. The first-order chi connectivity index (χ1) is 12.9. The fourth-order valence-electron chi connectivity index (χ4n) is 2.67. The van der Waals surface area contributed by atoms with Crippen LogP contribution >= 0.6 is 0 Å². The summed E-state index contributed by atoms with van der Waals surface area (Å²) >= 11 is 0. The van der Waals surface area contributed by atoms with Crippen LogP contribution in [0.25, 0.3) is 0 Å². The first kappa shape index (κ1) is 18.2. The lowest BCUT2D eigenvalue weighted by Gasteiger charge is -2.19. The first-order valence-corrected chi connectivity index (χ1v) is 8.49. The molecule has 0 saturated carbocycles. The summed E-state index contributed by atoms with van der Waals surface area (Å²) in [6, 6.07) is 14.7. The van der Waals surface area contributed by atoms with Crippen LogP contribution in [0.3, 0.4) is 0 Å². The third kappa shape index (κ3) is 4.33. The zero-order chi connectivity index (χ0) is 19.4. The number of rotatable bonds is 4. The average Bonchev–Trinajstić information content (AvgIpc) is 2.64. The van der Waals surface area contributed by atoms with E-state index in [1.165, 1.54) is 11.2 Å². The molecule has 0 unspecified atom stereocenters. The highest BCUT2D eigenvalue weighted by molar-refractivity contribution is 6.01. The molecular formula is C20H22N6O. The first-order valence-electron chi connectivity index (χ1n) is 8.49. The quantitative estimate of drug-likeness (QED) is 0.608. The molecule has 2 aromatic carbocycles. The predicted molar refractivity (Wildman–Crippen MR) is 110 cm³/mol. The molecule has 138 valence electrons. The van der Waals surface area contributed by atoms with Gasteiger partial charge in [0.05, 0.1) is 0 Å². The highest BCUT2D eigenvalue weighted by atomic mass is 16.2. The van der Waals surface area contributed by atoms with Crippen molar-refractivity contribution in [3.63, 3.8) is 0 Å². The number of nitrogens with two attached hydrogens (primary N) is 1. The van der Waals surface area contributed by atoms with Crippen molar-refractivity contribution in [1.82, 2.24) is 9.97 Å². The smallest absolute Gasteiger partial charge is 0.327 e. The summed E-state index contributed by atoms with van der Waals surface area (Å²) in [7, 11) is 1.66. The van der Waals surface area contributed by atoms with E-state index in [0.717, 1.165) is 22.5 Å². The number of anilines is 5. The van der Waals surface area contributed by atoms with Crippen molar-refractivity contribution in [1.29, 1.82) is 0 Å². The number of aryl methyl sites for hydroxylation is 2. The van der Waals surface area contributed by atoms with Gasteiger partial charge in [-0.15, -0.1) is 0 Å². The molecule has 0 atom stereocenters. The Bertz CT molecular complexity index is 952. The van der Waals surface area contributed by atoms with E-state index in [2.05, 4.69) is 20.6 Å². The van der Waals surface area contributed by atoms with Gasteiger partial charge in [0.25, 0.3) is 0 Å². The largest absolute Gasteiger partial charge is 0.399 e. The summed E-state index contributed by atoms with van der Waals surface area (Å²) in [5, 5.41) is 6.10. The summed E-state index contributed by atoms with van der Waals surface area (Å²) in [5.41, 5.74) is 10.1. The minimum absolute atomic E-state index is 0.277. The number of nitrogens with one attached hydrogen (secondary N) is 2. The Labute approximate surface area is 158 Å². The molecule has 0 bridgehead atoms. The molecular weight excluding hydrogens is 340 g/mol. The zero-order valence-corrected chi connectivity index (χ0v) is 15.5. The molecule has 0 fully saturated rings. The van der Waals surface area contributed by atoms with Crippen LogP contribution in [0.5, 0.6) is 0 Å². The van der Waals surface area contributed by atoms with Crippen molar-refractivity contribution in [3.05, 3.63) is 66.0 Å². The van der Waals surface area contributed by atoms with E-state index in [0.29, 0.717) is 17.3 Å². The molecule has 7 nitrogen and oxygen atoms in total. The molecule has 0 aliphatic heterocycles. The second kappa shape index (κ2) is 7.74. The van der Waals surface area contributed by atoms with Crippen molar-refractivity contribution in [2.75, 3.05) is 28.3 Å². The van der Waals surface area contributed by atoms with Crippen LogP contribution in [0.15, 0.2) is 54.9 Å². The van der Waals surface area contributed by atoms with Gasteiger partial charge >= 0.3 is 6.03 Å². The Hall–Kier alpha value is -3.61. The zero-order valence-electron chi connectivity index (χ0n) is 15.5. The molecule has 2 amide bonds. The normalized spacial score (nSPS) is 10.3. The van der Waals surface area contributed by atoms with Gasteiger partial charge in [0.1, 0.15) is 18.0 Å². The highest BCUT2D eigenvalue weighted by Gasteiger charge is 2.15. The van der Waals surface area contributed by atoms with Crippen LogP contribution in [0, 0.1) is 13.8 Å². The lowest BCUT2D eigenvalue weighted by Crippen LogP contribution is -2.32. The molecule has 1 heterocycles. The maximum atomic E-state index is 12.6. The second-order valence-corrected chi connectivity index (χ2v) is 6.27. The molecule has 7 heteroatoms. The number of carbonyl (C=O) groups excluding carboxylic acids is 1. The van der Waals surface area contributed by atoms with Gasteiger partial charge in [-0.25, -0.2) is 14.8 Å². The van der Waals surface area contributed by atoms with Crippen molar-refractivity contribution in [2.45, 2.75) is 13.8 Å². The van der Waals surface area contributed by atoms with E-state index in [4.69, 9.17) is 5.73 Å². The van der Waals surface area contributed by atoms with Gasteiger partial charge in [0, 0.05) is 30.2 Å². The Kier molecular flexibility index (Phi) is 5.21. The third-order valence-corrected chi connectivity index (χ3v) is 4.17. The van der Waals surface area contributed by atoms with E-state index >= 15 is 0 Å². The monoisotopic (exact) mass is 362 g/mol. The maximum Gasteiger partial charge on any atom is 0.327 e. The number of aromatic nitrogens is 2. The van der Waals surface area contributed by atoms with Gasteiger partial charge in [-0.3, -0.25) is 4.90 Å². The summed E-state index contributed by atoms with van der Waals surface area (Å²) in [6.07, 6.45) is 1.41. The fraction of sp³-hybridized carbons (Fsp3) is 0.150. The molecule has 0 radical (unpaired) electrons. The highest BCUT2D eigenvalue weighted by Crippen LogP contribution is 2.22. The Morgan fingerprint density at radius 2 is 1.74 bits per heavy atom. The minimum atomic E-state index is -0.277. The van der Waals surface area contributed by atoms with Crippen LogP contribution in [0.4, 0.5) is 33.5 Å². The molecule has 3 aromatic rings.